The van der Waals surface area contributed by atoms with Crippen LogP contribution in [0.5, 0.6) is 11.5 Å². The molecular weight excluding hydrogens is 338 g/mol. The Labute approximate surface area is 148 Å². The summed E-state index contributed by atoms with van der Waals surface area (Å²) in [4.78, 5) is 2.39. The van der Waals surface area contributed by atoms with Gasteiger partial charge in [0.1, 0.15) is 0 Å². The Hall–Kier alpha value is -1.11. The topological polar surface area (TPSA) is 47.7 Å². The van der Waals surface area contributed by atoms with Crippen molar-refractivity contribution in [1.29, 1.82) is 0 Å². The lowest BCUT2D eigenvalue weighted by Crippen LogP contribution is -2.35. The number of hydrogen-bond acceptors (Lipinski definition) is 4. The average Bonchev–Trinajstić information content (AvgIpc) is 2.50. The van der Waals surface area contributed by atoms with Crippen LogP contribution in [0.1, 0.15) is 31.7 Å². The molecule has 1 atom stereocenters. The lowest BCUT2D eigenvalue weighted by atomic mass is 9.94. The van der Waals surface area contributed by atoms with Crippen LogP contribution in [0.3, 0.4) is 0 Å². The minimum atomic E-state index is -2.85. The minimum absolute atomic E-state index is 0. The summed E-state index contributed by atoms with van der Waals surface area (Å²) < 4.78 is 34.8. The molecule has 138 valence electrons. The van der Waals surface area contributed by atoms with Gasteiger partial charge in [0, 0.05) is 13.1 Å². The summed E-state index contributed by atoms with van der Waals surface area (Å²) in [7, 11) is 0. The van der Waals surface area contributed by atoms with E-state index < -0.39 is 6.61 Å². The molecule has 0 amide bonds. The highest BCUT2D eigenvalue weighted by Gasteiger charge is 2.20. The van der Waals surface area contributed by atoms with Gasteiger partial charge in [-0.05, 0) is 62.9 Å². The first-order valence-corrected chi connectivity index (χ1v) is 8.25. The molecule has 2 N–H and O–H groups in total. The lowest BCUT2D eigenvalue weighted by molar-refractivity contribution is -0.0514. The number of piperidine rings is 1. The molecule has 0 bridgehead atoms. The predicted molar refractivity (Wildman–Crippen MR) is 93.2 cm³/mol. The molecule has 1 aromatic carbocycles. The summed E-state index contributed by atoms with van der Waals surface area (Å²) in [5.74, 6) is 1.12. The molecule has 24 heavy (non-hydrogen) atoms. The molecular formula is C17H27ClF2N2O2. The maximum absolute atomic E-state index is 12.4. The molecule has 1 heterocycles. The number of nitrogens with two attached hydrogens (primary N) is 1. The van der Waals surface area contributed by atoms with Crippen molar-refractivity contribution >= 4 is 12.4 Å². The van der Waals surface area contributed by atoms with Crippen molar-refractivity contribution in [3.8, 4) is 11.5 Å². The summed E-state index contributed by atoms with van der Waals surface area (Å²) in [6.45, 7) is 2.99. The zero-order chi connectivity index (χ0) is 16.7. The molecule has 7 heteroatoms. The zero-order valence-electron chi connectivity index (χ0n) is 14.0. The van der Waals surface area contributed by atoms with Gasteiger partial charge in [-0.25, -0.2) is 0 Å². The highest BCUT2D eigenvalue weighted by atomic mass is 35.5. The maximum Gasteiger partial charge on any atom is 0.387 e. The Morgan fingerprint density at radius 3 is 2.79 bits per heavy atom. The van der Waals surface area contributed by atoms with Crippen molar-refractivity contribution in [1.82, 2.24) is 4.90 Å². The number of halogens is 3. The van der Waals surface area contributed by atoms with Gasteiger partial charge >= 0.3 is 6.61 Å². The van der Waals surface area contributed by atoms with Gasteiger partial charge < -0.3 is 15.2 Å². The second-order valence-electron chi connectivity index (χ2n) is 5.91. The van der Waals surface area contributed by atoms with Gasteiger partial charge in [0.25, 0.3) is 0 Å². The third kappa shape index (κ3) is 6.42. The van der Waals surface area contributed by atoms with E-state index in [2.05, 4.69) is 9.64 Å². The summed E-state index contributed by atoms with van der Waals surface area (Å²) in [6.07, 6.45) is 3.47. The quantitative estimate of drug-likeness (QED) is 0.764. The molecule has 2 rings (SSSR count). The van der Waals surface area contributed by atoms with Crippen molar-refractivity contribution < 1.29 is 18.3 Å². The van der Waals surface area contributed by atoms with Crippen molar-refractivity contribution in [3.63, 3.8) is 0 Å². The number of likely N-dealkylation sites (tertiary alicyclic amines) is 1. The standard InChI is InChI=1S/C17H26F2N2O2.ClH/c1-2-22-16-10-14(5-6-15(16)23-17(18)19)12-21-9-3-4-13(11-21)7-8-20;/h5-6,10,13,17H,2-4,7-9,11-12,20H2,1H3;1H. The van der Waals surface area contributed by atoms with Crippen LogP contribution in [0, 0.1) is 5.92 Å². The van der Waals surface area contributed by atoms with Crippen LogP contribution in [0.4, 0.5) is 8.78 Å². The van der Waals surface area contributed by atoms with E-state index in [1.54, 1.807) is 12.1 Å². The van der Waals surface area contributed by atoms with Gasteiger partial charge in [0.15, 0.2) is 11.5 Å². The first-order chi connectivity index (χ1) is 11.1. The molecule has 1 saturated heterocycles. The van der Waals surface area contributed by atoms with Crippen LogP contribution in [0.15, 0.2) is 18.2 Å². The first kappa shape index (κ1) is 20.9. The van der Waals surface area contributed by atoms with Crippen molar-refractivity contribution in [3.05, 3.63) is 23.8 Å². The fourth-order valence-corrected chi connectivity index (χ4v) is 3.14. The van der Waals surface area contributed by atoms with Crippen molar-refractivity contribution in [2.45, 2.75) is 39.3 Å². The third-order valence-corrected chi connectivity index (χ3v) is 4.11. The van der Waals surface area contributed by atoms with E-state index in [9.17, 15) is 8.78 Å². The van der Waals surface area contributed by atoms with Crippen LogP contribution in [-0.4, -0.2) is 37.8 Å². The van der Waals surface area contributed by atoms with Crippen molar-refractivity contribution in [2.24, 2.45) is 11.7 Å². The second-order valence-corrected chi connectivity index (χ2v) is 5.91. The molecule has 0 radical (unpaired) electrons. The normalized spacial score (nSPS) is 18.3. The molecule has 1 aliphatic heterocycles. The Kier molecular flexibility index (Phi) is 9.33. The third-order valence-electron chi connectivity index (χ3n) is 4.11. The van der Waals surface area contributed by atoms with Crippen LogP contribution >= 0.6 is 12.4 Å². The molecule has 0 aliphatic carbocycles. The van der Waals surface area contributed by atoms with Gasteiger partial charge in [-0.1, -0.05) is 6.07 Å². The Balaban J connectivity index is 0.00000288. The summed E-state index contributed by atoms with van der Waals surface area (Å²) in [5, 5.41) is 0. The molecule has 0 spiro atoms. The predicted octanol–water partition coefficient (Wildman–Crippen LogP) is 3.67. The van der Waals surface area contributed by atoms with Crippen LogP contribution in [-0.2, 0) is 6.54 Å². The second kappa shape index (κ2) is 10.7. The van der Waals surface area contributed by atoms with Crippen molar-refractivity contribution in [2.75, 3.05) is 26.2 Å². The van der Waals surface area contributed by atoms with Crippen LogP contribution in [0.25, 0.3) is 0 Å². The summed E-state index contributed by atoms with van der Waals surface area (Å²) >= 11 is 0. The number of ether oxygens (including phenoxy) is 2. The van der Waals surface area contributed by atoms with E-state index in [1.807, 2.05) is 13.0 Å². The van der Waals surface area contributed by atoms with Gasteiger partial charge in [-0.3, -0.25) is 4.90 Å². The lowest BCUT2D eigenvalue weighted by Gasteiger charge is -2.32. The zero-order valence-corrected chi connectivity index (χ0v) is 14.9. The van der Waals surface area contributed by atoms with Crippen LogP contribution < -0.4 is 15.2 Å². The number of benzene rings is 1. The average molecular weight is 365 g/mol. The van der Waals surface area contributed by atoms with E-state index in [-0.39, 0.29) is 18.2 Å². The molecule has 4 nitrogen and oxygen atoms in total. The van der Waals surface area contributed by atoms with Gasteiger partial charge in [-0.2, -0.15) is 8.78 Å². The van der Waals surface area contributed by atoms with E-state index >= 15 is 0 Å². The molecule has 0 saturated carbocycles. The van der Waals surface area contributed by atoms with Gasteiger partial charge in [0.05, 0.1) is 6.61 Å². The summed E-state index contributed by atoms with van der Waals surface area (Å²) in [5.41, 5.74) is 6.70. The highest BCUT2D eigenvalue weighted by molar-refractivity contribution is 5.85. The Bertz CT molecular complexity index is 490. The smallest absolute Gasteiger partial charge is 0.387 e. The fourth-order valence-electron chi connectivity index (χ4n) is 3.14. The number of hydrogen-bond donors (Lipinski definition) is 1. The monoisotopic (exact) mass is 364 g/mol. The number of nitrogens with zero attached hydrogens (tertiary/aromatic N) is 1. The Morgan fingerprint density at radius 2 is 2.12 bits per heavy atom. The molecule has 1 aliphatic rings. The number of alkyl halides is 2. The van der Waals surface area contributed by atoms with E-state index in [0.717, 1.165) is 38.2 Å². The highest BCUT2D eigenvalue weighted by Crippen LogP contribution is 2.31. The Morgan fingerprint density at radius 1 is 1.33 bits per heavy atom. The van der Waals surface area contributed by atoms with E-state index in [0.29, 0.717) is 18.3 Å². The van der Waals surface area contributed by atoms with Gasteiger partial charge in [-0.15, -0.1) is 12.4 Å². The summed E-state index contributed by atoms with van der Waals surface area (Å²) in [6, 6.07) is 5.19. The molecule has 1 fully saturated rings. The van der Waals surface area contributed by atoms with E-state index in [1.165, 1.54) is 12.8 Å². The number of rotatable bonds is 8. The largest absolute Gasteiger partial charge is 0.490 e. The molecule has 0 aromatic heterocycles. The first-order valence-electron chi connectivity index (χ1n) is 8.25. The van der Waals surface area contributed by atoms with Crippen LogP contribution in [0.2, 0.25) is 0 Å². The molecule has 1 aromatic rings. The maximum atomic E-state index is 12.4. The minimum Gasteiger partial charge on any atom is -0.490 e. The molecule has 1 unspecified atom stereocenters. The van der Waals surface area contributed by atoms with E-state index in [4.69, 9.17) is 10.5 Å². The fraction of sp³-hybridized carbons (Fsp3) is 0.647. The van der Waals surface area contributed by atoms with Gasteiger partial charge in [0.2, 0.25) is 0 Å². The SMILES string of the molecule is CCOc1cc(CN2CCCC(CCN)C2)ccc1OC(F)F.Cl.